The average molecular weight is 315 g/mol. The molecular weight excluding hydrogens is 294 g/mol. The van der Waals surface area contributed by atoms with Gasteiger partial charge in [0.2, 0.25) is 5.91 Å². The number of aromatic nitrogens is 1. The van der Waals surface area contributed by atoms with Gasteiger partial charge in [-0.15, -0.1) is 0 Å². The molecule has 1 aromatic heterocycles. The molecule has 2 N–H and O–H groups in total. The summed E-state index contributed by atoms with van der Waals surface area (Å²) in [5.41, 5.74) is 1.51. The molecule has 0 saturated heterocycles. The second kappa shape index (κ2) is 8.03. The lowest BCUT2D eigenvalue weighted by molar-refractivity contribution is -0.116. The number of anilines is 3. The van der Waals surface area contributed by atoms with Crippen molar-refractivity contribution in [3.05, 3.63) is 36.5 Å². The van der Waals surface area contributed by atoms with Crippen LogP contribution in [0, 0.1) is 0 Å². The molecule has 0 atom stereocenters. The van der Waals surface area contributed by atoms with Crippen LogP contribution in [-0.2, 0) is 4.79 Å². The van der Waals surface area contributed by atoms with Gasteiger partial charge in [0.25, 0.3) is 0 Å². The second-order valence-electron chi connectivity index (χ2n) is 4.93. The minimum Gasteiger partial charge on any atom is -0.493 e. The molecule has 6 heteroatoms. The van der Waals surface area contributed by atoms with Gasteiger partial charge >= 0.3 is 0 Å². The second-order valence-corrected chi connectivity index (χ2v) is 4.93. The molecule has 0 unspecified atom stereocenters. The van der Waals surface area contributed by atoms with Crippen molar-refractivity contribution in [1.29, 1.82) is 0 Å². The molecule has 0 spiro atoms. The van der Waals surface area contributed by atoms with Crippen LogP contribution in [-0.4, -0.2) is 25.1 Å². The molecule has 23 heavy (non-hydrogen) atoms. The van der Waals surface area contributed by atoms with E-state index in [1.807, 2.05) is 31.2 Å². The van der Waals surface area contributed by atoms with E-state index in [1.54, 1.807) is 26.5 Å². The highest BCUT2D eigenvalue weighted by Gasteiger charge is 2.06. The predicted molar refractivity (Wildman–Crippen MR) is 90.6 cm³/mol. The number of hydrogen-bond acceptors (Lipinski definition) is 5. The molecule has 1 aromatic carbocycles. The summed E-state index contributed by atoms with van der Waals surface area (Å²) >= 11 is 0. The first kappa shape index (κ1) is 16.6. The summed E-state index contributed by atoms with van der Waals surface area (Å²) in [6.45, 7) is 1.97. The van der Waals surface area contributed by atoms with Crippen LogP contribution < -0.4 is 20.1 Å². The zero-order chi connectivity index (χ0) is 16.7. The summed E-state index contributed by atoms with van der Waals surface area (Å²) in [5, 5.41) is 5.98. The molecule has 0 saturated carbocycles. The highest BCUT2D eigenvalue weighted by molar-refractivity contribution is 5.90. The van der Waals surface area contributed by atoms with Gasteiger partial charge < -0.3 is 20.1 Å². The molecular formula is C17H21N3O3. The number of rotatable bonds is 7. The van der Waals surface area contributed by atoms with Crippen molar-refractivity contribution in [1.82, 2.24) is 4.98 Å². The zero-order valence-electron chi connectivity index (χ0n) is 13.6. The fourth-order valence-electron chi connectivity index (χ4n) is 2.05. The van der Waals surface area contributed by atoms with E-state index in [4.69, 9.17) is 9.47 Å². The van der Waals surface area contributed by atoms with Gasteiger partial charge in [0, 0.05) is 18.2 Å². The topological polar surface area (TPSA) is 72.5 Å². The van der Waals surface area contributed by atoms with E-state index in [2.05, 4.69) is 15.6 Å². The maximum atomic E-state index is 11.5. The first-order valence-electron chi connectivity index (χ1n) is 7.41. The number of pyridine rings is 1. The Morgan fingerprint density at radius 3 is 2.43 bits per heavy atom. The van der Waals surface area contributed by atoms with Crippen LogP contribution in [0.1, 0.15) is 19.8 Å². The van der Waals surface area contributed by atoms with E-state index in [-0.39, 0.29) is 5.91 Å². The van der Waals surface area contributed by atoms with Gasteiger partial charge in [-0.25, -0.2) is 4.98 Å². The van der Waals surface area contributed by atoms with Gasteiger partial charge in [-0.05, 0) is 30.7 Å². The summed E-state index contributed by atoms with van der Waals surface area (Å²) in [6, 6.07) is 9.14. The highest BCUT2D eigenvalue weighted by atomic mass is 16.5. The fourth-order valence-corrected chi connectivity index (χ4v) is 2.05. The summed E-state index contributed by atoms with van der Waals surface area (Å²) in [7, 11) is 3.19. The van der Waals surface area contributed by atoms with E-state index in [0.717, 1.165) is 12.1 Å². The number of carbonyl (C=O) groups excluding carboxylic acids is 1. The van der Waals surface area contributed by atoms with Crippen molar-refractivity contribution in [3.63, 3.8) is 0 Å². The maximum Gasteiger partial charge on any atom is 0.224 e. The molecule has 0 bridgehead atoms. The van der Waals surface area contributed by atoms with E-state index in [9.17, 15) is 4.79 Å². The number of benzene rings is 1. The standard InChI is InChI=1S/C17H21N3O3/c1-4-5-17(21)20-13-7-9-16(18-11-13)19-12-6-8-14(22-2)15(10-12)23-3/h6-11H,4-5H2,1-3H3,(H,18,19)(H,20,21). The van der Waals surface area contributed by atoms with Gasteiger partial charge in [-0.1, -0.05) is 6.92 Å². The van der Waals surface area contributed by atoms with Crippen molar-refractivity contribution >= 4 is 23.1 Å². The number of methoxy groups -OCH3 is 2. The van der Waals surface area contributed by atoms with E-state index >= 15 is 0 Å². The molecule has 1 amide bonds. The Kier molecular flexibility index (Phi) is 5.80. The number of nitrogens with one attached hydrogen (secondary N) is 2. The summed E-state index contributed by atoms with van der Waals surface area (Å²) in [5.74, 6) is 1.97. The van der Waals surface area contributed by atoms with Crippen LogP contribution in [0.4, 0.5) is 17.2 Å². The van der Waals surface area contributed by atoms with Crippen LogP contribution in [0.5, 0.6) is 11.5 Å². The lowest BCUT2D eigenvalue weighted by atomic mass is 10.2. The van der Waals surface area contributed by atoms with E-state index in [0.29, 0.717) is 29.4 Å². The zero-order valence-corrected chi connectivity index (χ0v) is 13.6. The highest BCUT2D eigenvalue weighted by Crippen LogP contribution is 2.30. The van der Waals surface area contributed by atoms with Crippen molar-refractivity contribution < 1.29 is 14.3 Å². The Bertz CT molecular complexity index is 657. The molecule has 0 aliphatic rings. The molecule has 6 nitrogen and oxygen atoms in total. The minimum atomic E-state index is -0.00472. The first-order valence-corrected chi connectivity index (χ1v) is 7.41. The van der Waals surface area contributed by atoms with Crippen molar-refractivity contribution in [2.45, 2.75) is 19.8 Å². The monoisotopic (exact) mass is 315 g/mol. The maximum absolute atomic E-state index is 11.5. The number of amides is 1. The Labute approximate surface area is 135 Å². The molecule has 122 valence electrons. The number of ether oxygens (including phenoxy) is 2. The lowest BCUT2D eigenvalue weighted by Crippen LogP contribution is -2.10. The number of nitrogens with zero attached hydrogens (tertiary/aromatic N) is 1. The predicted octanol–water partition coefficient (Wildman–Crippen LogP) is 3.58. The van der Waals surface area contributed by atoms with Gasteiger partial charge in [-0.3, -0.25) is 4.79 Å². The summed E-state index contributed by atoms with van der Waals surface area (Å²) in [6.07, 6.45) is 2.94. The average Bonchev–Trinajstić information content (AvgIpc) is 2.56. The largest absolute Gasteiger partial charge is 0.493 e. The summed E-state index contributed by atoms with van der Waals surface area (Å²) in [4.78, 5) is 15.8. The van der Waals surface area contributed by atoms with Gasteiger partial charge in [0.15, 0.2) is 11.5 Å². The third-order valence-corrected chi connectivity index (χ3v) is 3.18. The van der Waals surface area contributed by atoms with Crippen LogP contribution in [0.3, 0.4) is 0 Å². The first-order chi connectivity index (χ1) is 11.2. The Balaban J connectivity index is 2.04. The number of hydrogen-bond donors (Lipinski definition) is 2. The van der Waals surface area contributed by atoms with Crippen molar-refractivity contribution in [2.24, 2.45) is 0 Å². The van der Waals surface area contributed by atoms with Crippen LogP contribution in [0.15, 0.2) is 36.5 Å². The Hall–Kier alpha value is -2.76. The summed E-state index contributed by atoms with van der Waals surface area (Å²) < 4.78 is 10.5. The molecule has 2 aromatic rings. The van der Waals surface area contributed by atoms with Crippen molar-refractivity contribution in [3.8, 4) is 11.5 Å². The van der Waals surface area contributed by atoms with E-state index in [1.165, 1.54) is 0 Å². The van der Waals surface area contributed by atoms with Crippen LogP contribution >= 0.6 is 0 Å². The molecule has 0 aliphatic carbocycles. The van der Waals surface area contributed by atoms with Gasteiger partial charge in [0.05, 0.1) is 26.1 Å². The van der Waals surface area contributed by atoms with Crippen LogP contribution in [0.25, 0.3) is 0 Å². The molecule has 0 aliphatic heterocycles. The Morgan fingerprint density at radius 1 is 1.09 bits per heavy atom. The number of carbonyl (C=O) groups is 1. The SMILES string of the molecule is CCCC(=O)Nc1ccc(Nc2ccc(OC)c(OC)c2)nc1. The van der Waals surface area contributed by atoms with Crippen LogP contribution in [0.2, 0.25) is 0 Å². The van der Waals surface area contributed by atoms with Gasteiger partial charge in [-0.2, -0.15) is 0 Å². The minimum absolute atomic E-state index is 0.00472. The molecule has 0 fully saturated rings. The molecule has 0 radical (unpaired) electrons. The third kappa shape index (κ3) is 4.60. The third-order valence-electron chi connectivity index (χ3n) is 3.18. The fraction of sp³-hybridized carbons (Fsp3) is 0.294. The van der Waals surface area contributed by atoms with E-state index < -0.39 is 0 Å². The Morgan fingerprint density at radius 2 is 1.83 bits per heavy atom. The normalized spacial score (nSPS) is 10.0. The molecule has 2 rings (SSSR count). The quantitative estimate of drug-likeness (QED) is 0.817. The van der Waals surface area contributed by atoms with Gasteiger partial charge in [0.1, 0.15) is 5.82 Å². The van der Waals surface area contributed by atoms with Crippen molar-refractivity contribution in [2.75, 3.05) is 24.9 Å². The molecule has 1 heterocycles. The lowest BCUT2D eigenvalue weighted by Gasteiger charge is -2.11. The smallest absolute Gasteiger partial charge is 0.224 e.